The molecule has 25 nitrogen and oxygen atoms in total. The number of aliphatic hydroxyl groups excluding tert-OH is 9. The minimum atomic E-state index is -5.80. The molecule has 0 aromatic carbocycles. The summed E-state index contributed by atoms with van der Waals surface area (Å²) < 4.78 is 73.4. The fourth-order valence-electron chi connectivity index (χ4n) is 15.5. The van der Waals surface area contributed by atoms with Crippen LogP contribution in [0.2, 0.25) is 0 Å². The molecule has 116 heavy (non-hydrogen) atoms. The van der Waals surface area contributed by atoms with Crippen molar-refractivity contribution in [1.29, 1.82) is 0 Å². The van der Waals surface area contributed by atoms with Crippen molar-refractivity contribution in [3.63, 3.8) is 0 Å². The Kier molecular flexibility index (Phi) is 64.4. The van der Waals surface area contributed by atoms with Crippen molar-refractivity contribution in [3.8, 4) is 0 Å². The minimum Gasteiger partial charge on any atom is -0.463 e. The Labute approximate surface area is 699 Å². The molecule has 3 fully saturated rings. The van der Waals surface area contributed by atoms with Crippen LogP contribution in [0.15, 0.2) is 12.2 Å². The van der Waals surface area contributed by atoms with E-state index in [1.165, 1.54) is 193 Å². The second kappa shape index (κ2) is 69.6. The van der Waals surface area contributed by atoms with Crippen LogP contribution in [0.25, 0.3) is 0 Å². The monoisotopic (exact) mass is 1680 g/mol. The Morgan fingerprint density at radius 2 is 0.647 bits per heavy atom. The lowest BCUT2D eigenvalue weighted by atomic mass is 9.84. The van der Waals surface area contributed by atoms with Crippen molar-refractivity contribution in [2.75, 3.05) is 26.4 Å². The third-order valence-corrected chi connectivity index (χ3v) is 24.0. The summed E-state index contributed by atoms with van der Waals surface area (Å²) in [6, 6.07) is 0. The van der Waals surface area contributed by atoms with Crippen LogP contribution in [0.1, 0.15) is 407 Å². The van der Waals surface area contributed by atoms with Crippen molar-refractivity contribution in [2.24, 2.45) is 0 Å². The molecule has 2 saturated heterocycles. The Balaban J connectivity index is 1.92. The number of allylic oxidation sites excluding steroid dienone is 2. The zero-order valence-electron chi connectivity index (χ0n) is 72.6. The highest BCUT2D eigenvalue weighted by Crippen LogP contribution is 2.49. The number of carbonyl (C=O) groups is 4. The zero-order valence-corrected chi connectivity index (χ0v) is 73.5. The maximum absolute atomic E-state index is 14.9. The molecule has 0 aromatic heterocycles. The largest absolute Gasteiger partial charge is 0.472 e. The first kappa shape index (κ1) is 107. The molecular weight excluding hydrogens is 1510 g/mol. The molecule has 0 radical (unpaired) electrons. The maximum atomic E-state index is 14.9. The summed E-state index contributed by atoms with van der Waals surface area (Å²) >= 11 is 0. The Hall–Kier alpha value is -2.79. The third kappa shape index (κ3) is 49.5. The van der Waals surface area contributed by atoms with E-state index in [9.17, 15) is 74.6 Å². The van der Waals surface area contributed by atoms with Gasteiger partial charge in [-0.15, -0.1) is 0 Å². The van der Waals surface area contributed by atoms with Crippen LogP contribution in [0.4, 0.5) is 0 Å². The van der Waals surface area contributed by atoms with E-state index in [2.05, 4.69) is 39.8 Å². The minimum absolute atomic E-state index is 0.00425. The molecule has 2 aliphatic heterocycles. The van der Waals surface area contributed by atoms with Gasteiger partial charge in [-0.05, 0) is 51.4 Å². The van der Waals surface area contributed by atoms with Crippen molar-refractivity contribution < 1.29 is 122 Å². The predicted molar refractivity (Wildman–Crippen MR) is 449 cm³/mol. The van der Waals surface area contributed by atoms with Crippen LogP contribution in [0, 0.1) is 0 Å². The van der Waals surface area contributed by atoms with E-state index in [0.717, 1.165) is 122 Å². The smallest absolute Gasteiger partial charge is 0.463 e. The van der Waals surface area contributed by atoms with Gasteiger partial charge < -0.3 is 88.7 Å². The number of ether oxygens (including phenoxy) is 8. The van der Waals surface area contributed by atoms with Crippen molar-refractivity contribution in [1.82, 2.24) is 0 Å². The second-order valence-electron chi connectivity index (χ2n) is 33.5. The first-order valence-electron chi connectivity index (χ1n) is 46.9. The molecule has 26 heteroatoms. The molecule has 10 N–H and O–H groups in total. The van der Waals surface area contributed by atoms with Crippen LogP contribution >= 0.6 is 7.82 Å². The summed E-state index contributed by atoms with van der Waals surface area (Å²) in [5.74, 6) is -2.96. The van der Waals surface area contributed by atoms with Crippen LogP contribution in [-0.2, 0) is 70.7 Å². The van der Waals surface area contributed by atoms with Gasteiger partial charge in [0.2, 0.25) is 0 Å². The van der Waals surface area contributed by atoms with Gasteiger partial charge in [-0.25, -0.2) is 4.57 Å². The van der Waals surface area contributed by atoms with Crippen molar-refractivity contribution in [2.45, 2.75) is 511 Å². The van der Waals surface area contributed by atoms with Gasteiger partial charge in [0.15, 0.2) is 24.8 Å². The quantitative estimate of drug-likeness (QED) is 0.00889. The molecule has 0 amide bonds. The average molecular weight is 1680 g/mol. The van der Waals surface area contributed by atoms with Crippen LogP contribution in [0.5, 0.6) is 0 Å². The molecule has 0 aromatic rings. The van der Waals surface area contributed by atoms with E-state index < -0.39 is 162 Å². The summed E-state index contributed by atoms with van der Waals surface area (Å²) in [7, 11) is -5.80. The lowest BCUT2D eigenvalue weighted by Crippen LogP contribution is -2.70. The van der Waals surface area contributed by atoms with Gasteiger partial charge >= 0.3 is 31.7 Å². The van der Waals surface area contributed by atoms with Gasteiger partial charge in [-0.3, -0.25) is 28.2 Å². The molecule has 3 aliphatic rings. The van der Waals surface area contributed by atoms with Crippen molar-refractivity contribution in [3.05, 3.63) is 12.2 Å². The average Bonchev–Trinajstić information content (AvgIpc) is 0.754. The molecule has 0 bridgehead atoms. The predicted octanol–water partition coefficient (Wildman–Crippen LogP) is 17.2. The molecule has 0 spiro atoms. The van der Waals surface area contributed by atoms with Gasteiger partial charge in [-0.1, -0.05) is 342 Å². The highest BCUT2D eigenvalue weighted by atomic mass is 31.2. The summed E-state index contributed by atoms with van der Waals surface area (Å²) in [6.45, 7) is 5.60. The first-order valence-corrected chi connectivity index (χ1v) is 48.4. The molecule has 3 rings (SSSR count). The molecule has 1 saturated carbocycles. The zero-order chi connectivity index (χ0) is 84.7. The highest BCUT2D eigenvalue weighted by Gasteiger charge is 2.60. The highest BCUT2D eigenvalue weighted by molar-refractivity contribution is 7.47. The van der Waals surface area contributed by atoms with Crippen LogP contribution in [0.3, 0.4) is 0 Å². The van der Waals surface area contributed by atoms with Crippen molar-refractivity contribution >= 4 is 31.7 Å². The molecule has 18 atom stereocenters. The first-order chi connectivity index (χ1) is 56.2. The number of rotatable bonds is 76. The number of esters is 4. The molecular formula is C90H167O25P. The molecule has 682 valence electrons. The second-order valence-corrected chi connectivity index (χ2v) is 34.9. The topological polar surface area (TPSA) is 380 Å². The maximum Gasteiger partial charge on any atom is 0.472 e. The molecule has 18 unspecified atom stereocenters. The number of phosphoric acid groups is 1. The van der Waals surface area contributed by atoms with E-state index in [1.54, 1.807) is 0 Å². The number of hydrogen-bond acceptors (Lipinski definition) is 24. The number of unbranched alkanes of at least 4 members (excludes halogenated alkanes) is 50. The summed E-state index contributed by atoms with van der Waals surface area (Å²) in [5.41, 5.74) is 0. The van der Waals surface area contributed by atoms with E-state index in [0.29, 0.717) is 38.5 Å². The van der Waals surface area contributed by atoms with Crippen LogP contribution in [-0.4, -0.2) is 205 Å². The summed E-state index contributed by atoms with van der Waals surface area (Å²) in [6.07, 6.45) is 27.8. The Morgan fingerprint density at radius 1 is 0.336 bits per heavy atom. The summed E-state index contributed by atoms with van der Waals surface area (Å²) in [4.78, 5) is 66.4. The molecule has 1 aliphatic carbocycles. The van der Waals surface area contributed by atoms with E-state index in [1.807, 2.05) is 0 Å². The lowest BCUT2D eigenvalue weighted by Gasteiger charge is -2.50. The molecule has 2 heterocycles. The Morgan fingerprint density at radius 3 is 1.03 bits per heavy atom. The van der Waals surface area contributed by atoms with Gasteiger partial charge in [0.1, 0.15) is 92.6 Å². The number of carbonyl (C=O) groups excluding carboxylic acids is 4. The Bertz CT molecular complexity index is 2460. The lowest BCUT2D eigenvalue weighted by molar-refractivity contribution is -0.360. The fourth-order valence-corrected chi connectivity index (χ4v) is 16.5. The van der Waals surface area contributed by atoms with E-state index in [4.69, 9.17) is 46.9 Å². The van der Waals surface area contributed by atoms with Gasteiger partial charge in [0.25, 0.3) is 0 Å². The number of hydrogen-bond donors (Lipinski definition) is 10. The normalized spacial score (nSPS) is 25.2. The number of phosphoric ester groups is 1. The SMILES string of the molecule is CCCCCCCC/C=C\CCCCCC(=O)OCC1OC(OC2C(OC(=O)CCCCCCCCCCCCCCCCC)C(O)C(O)C(OC3OC(CO)C(O)C(O)C3O)C2OP(=O)(O)OCC(COC(=O)CCCCCCCCCCCCCCCCCC)OC(=O)CCCCCCCCCCCCCCC)C(O)C(O)C1O. The van der Waals surface area contributed by atoms with E-state index >= 15 is 0 Å². The van der Waals surface area contributed by atoms with Gasteiger partial charge in [-0.2, -0.15) is 0 Å². The summed E-state index contributed by atoms with van der Waals surface area (Å²) in [5, 5.41) is 102. The standard InChI is InChI=1S/C90H167O25P/c1-5-9-13-17-21-25-29-33-35-37-40-43-46-50-54-58-62-73(92)106-67-70(109-75(94)64-60-56-52-48-44-39-32-28-24-20-16-12-8-4)68-108-116(104,105)115-88-86(113-89-83(102)79(98)77(96)71(66-91)110-89)82(101)81(100)85(112-76(95)65-61-57-53-49-45-41-36-34-30-26-22-18-14-10-6-2)87(88)114-90-84(103)80(99)78(97)72(111-90)69-107-74(93)63-59-55-51-47-42-38-31-27-23-19-15-11-7-3/h38,42,70-72,77-91,96-103H,5-37,39-41,43-69H2,1-4H3,(H,104,105)/b42-38-. The van der Waals surface area contributed by atoms with Crippen LogP contribution < -0.4 is 0 Å². The van der Waals surface area contributed by atoms with E-state index in [-0.39, 0.29) is 25.7 Å². The van der Waals surface area contributed by atoms with Gasteiger partial charge in [0.05, 0.1) is 13.2 Å². The fraction of sp³-hybridized carbons (Fsp3) is 0.933. The van der Waals surface area contributed by atoms with Gasteiger partial charge in [0, 0.05) is 25.7 Å². The third-order valence-electron chi connectivity index (χ3n) is 23.0. The number of aliphatic hydroxyl groups is 9.